The Morgan fingerprint density at radius 1 is 0.958 bits per heavy atom. The standard InChI is InChI=1S/C15H13NO2.C5H11N/c17-15(18)16-9-14-12-7-3-1-5-10(12)11-6-2-4-8-13(11)14;1-2-4-6-5-3-1/h1-8,14,16H,9H2,(H,17,18);6H,1-5H2. The molecule has 0 aromatic heterocycles. The van der Waals surface area contributed by atoms with Crippen LogP contribution in [0.4, 0.5) is 4.79 Å². The average Bonchev–Trinajstić information content (AvgIpc) is 2.96. The molecule has 2 aliphatic rings. The van der Waals surface area contributed by atoms with Crippen molar-refractivity contribution in [3.8, 4) is 11.1 Å². The minimum absolute atomic E-state index is 0.119. The maximum Gasteiger partial charge on any atom is 0.404 e. The Bertz CT molecular complexity index is 639. The van der Waals surface area contributed by atoms with Crippen molar-refractivity contribution < 1.29 is 9.90 Å². The van der Waals surface area contributed by atoms with Crippen LogP contribution in [0.1, 0.15) is 36.3 Å². The number of benzene rings is 2. The molecule has 2 aromatic carbocycles. The number of fused-ring (bicyclic) bond motifs is 3. The van der Waals surface area contributed by atoms with E-state index in [-0.39, 0.29) is 5.92 Å². The number of rotatable bonds is 2. The zero-order valence-electron chi connectivity index (χ0n) is 13.8. The van der Waals surface area contributed by atoms with Crippen LogP contribution in [0.15, 0.2) is 48.5 Å². The third kappa shape index (κ3) is 3.77. The van der Waals surface area contributed by atoms with Crippen LogP contribution < -0.4 is 10.6 Å². The summed E-state index contributed by atoms with van der Waals surface area (Å²) in [6.45, 7) is 2.92. The number of hydrogen-bond donors (Lipinski definition) is 3. The van der Waals surface area contributed by atoms with E-state index < -0.39 is 6.09 Å². The molecule has 1 fully saturated rings. The van der Waals surface area contributed by atoms with Crippen LogP contribution in [0.3, 0.4) is 0 Å². The van der Waals surface area contributed by atoms with Crippen molar-refractivity contribution in [2.75, 3.05) is 19.6 Å². The molecule has 1 heterocycles. The quantitative estimate of drug-likeness (QED) is 0.787. The van der Waals surface area contributed by atoms with Crippen LogP contribution >= 0.6 is 0 Å². The Hall–Kier alpha value is -2.33. The van der Waals surface area contributed by atoms with E-state index in [0.29, 0.717) is 6.54 Å². The molecule has 0 radical (unpaired) electrons. The first-order valence-electron chi connectivity index (χ1n) is 8.63. The number of amides is 1. The highest BCUT2D eigenvalue weighted by molar-refractivity contribution is 5.79. The van der Waals surface area contributed by atoms with Gasteiger partial charge in [-0.15, -0.1) is 0 Å². The lowest BCUT2D eigenvalue weighted by atomic mass is 9.97. The summed E-state index contributed by atoms with van der Waals surface area (Å²) in [5.74, 6) is 0.119. The molecule has 1 aliphatic carbocycles. The predicted molar refractivity (Wildman–Crippen MR) is 96.5 cm³/mol. The van der Waals surface area contributed by atoms with Crippen molar-refractivity contribution >= 4 is 6.09 Å². The summed E-state index contributed by atoms with van der Waals surface area (Å²) >= 11 is 0. The highest BCUT2D eigenvalue weighted by Gasteiger charge is 2.27. The van der Waals surface area contributed by atoms with Gasteiger partial charge in [-0.1, -0.05) is 55.0 Å². The number of nitrogens with one attached hydrogen (secondary N) is 2. The molecule has 1 aliphatic heterocycles. The van der Waals surface area contributed by atoms with Gasteiger partial charge in [0.15, 0.2) is 0 Å². The van der Waals surface area contributed by atoms with E-state index in [2.05, 4.69) is 34.9 Å². The Morgan fingerprint density at radius 3 is 1.92 bits per heavy atom. The van der Waals surface area contributed by atoms with Crippen LogP contribution in [-0.4, -0.2) is 30.8 Å². The summed E-state index contributed by atoms with van der Waals surface area (Å²) in [6.07, 6.45) is 3.24. The van der Waals surface area contributed by atoms with Crippen molar-refractivity contribution in [3.63, 3.8) is 0 Å². The normalized spacial score (nSPS) is 15.7. The van der Waals surface area contributed by atoms with Gasteiger partial charge in [-0.3, -0.25) is 0 Å². The molecule has 0 saturated carbocycles. The van der Waals surface area contributed by atoms with Crippen LogP contribution in [0.2, 0.25) is 0 Å². The summed E-state index contributed by atoms with van der Waals surface area (Å²) in [5.41, 5.74) is 4.83. The van der Waals surface area contributed by atoms with Gasteiger partial charge >= 0.3 is 6.09 Å². The first-order chi connectivity index (χ1) is 11.8. The lowest BCUT2D eigenvalue weighted by Gasteiger charge is -2.12. The predicted octanol–water partition coefficient (Wildman–Crippen LogP) is 3.83. The second kappa shape index (κ2) is 7.97. The smallest absolute Gasteiger partial charge is 0.404 e. The first kappa shape index (κ1) is 16.5. The van der Waals surface area contributed by atoms with E-state index in [1.54, 1.807) is 0 Å². The second-order valence-corrected chi connectivity index (χ2v) is 6.22. The second-order valence-electron chi connectivity index (χ2n) is 6.22. The summed E-state index contributed by atoms with van der Waals surface area (Å²) in [7, 11) is 0. The van der Waals surface area contributed by atoms with E-state index in [1.165, 1.54) is 54.6 Å². The highest BCUT2D eigenvalue weighted by Crippen LogP contribution is 2.43. The molecule has 0 atom stereocenters. The van der Waals surface area contributed by atoms with Crippen molar-refractivity contribution in [1.82, 2.24) is 10.6 Å². The van der Waals surface area contributed by atoms with Gasteiger partial charge in [0.2, 0.25) is 0 Å². The molecular weight excluding hydrogens is 300 g/mol. The fourth-order valence-corrected chi connectivity index (χ4v) is 3.47. The van der Waals surface area contributed by atoms with Gasteiger partial charge in [-0.25, -0.2) is 4.79 Å². The van der Waals surface area contributed by atoms with Gasteiger partial charge in [0.25, 0.3) is 0 Å². The Kier molecular flexibility index (Phi) is 5.49. The van der Waals surface area contributed by atoms with Gasteiger partial charge in [0.05, 0.1) is 0 Å². The maximum absolute atomic E-state index is 10.7. The van der Waals surface area contributed by atoms with E-state index in [0.717, 1.165) is 0 Å². The molecule has 1 saturated heterocycles. The largest absolute Gasteiger partial charge is 0.465 e. The van der Waals surface area contributed by atoms with Crippen molar-refractivity contribution in [1.29, 1.82) is 0 Å². The molecule has 1 amide bonds. The lowest BCUT2D eigenvalue weighted by Crippen LogP contribution is -2.26. The molecule has 4 heteroatoms. The third-order valence-corrected chi connectivity index (χ3v) is 4.63. The highest BCUT2D eigenvalue weighted by atomic mass is 16.4. The van der Waals surface area contributed by atoms with E-state index in [9.17, 15) is 4.79 Å². The molecule has 24 heavy (non-hydrogen) atoms. The fourth-order valence-electron chi connectivity index (χ4n) is 3.47. The summed E-state index contributed by atoms with van der Waals surface area (Å²) < 4.78 is 0. The zero-order valence-corrected chi connectivity index (χ0v) is 13.8. The van der Waals surface area contributed by atoms with Gasteiger partial charge in [0, 0.05) is 12.5 Å². The molecule has 4 rings (SSSR count). The number of piperidine rings is 1. The van der Waals surface area contributed by atoms with Gasteiger partial charge < -0.3 is 15.7 Å². The van der Waals surface area contributed by atoms with Crippen molar-refractivity contribution in [3.05, 3.63) is 59.7 Å². The monoisotopic (exact) mass is 324 g/mol. The van der Waals surface area contributed by atoms with Crippen LogP contribution in [0.5, 0.6) is 0 Å². The van der Waals surface area contributed by atoms with Crippen LogP contribution in [-0.2, 0) is 0 Å². The van der Waals surface area contributed by atoms with E-state index >= 15 is 0 Å². The van der Waals surface area contributed by atoms with Crippen molar-refractivity contribution in [2.24, 2.45) is 0 Å². The maximum atomic E-state index is 10.7. The molecular formula is C20H24N2O2. The minimum atomic E-state index is -0.975. The summed E-state index contributed by atoms with van der Waals surface area (Å²) in [4.78, 5) is 10.7. The molecule has 0 spiro atoms. The van der Waals surface area contributed by atoms with Gasteiger partial charge in [0.1, 0.15) is 0 Å². The lowest BCUT2D eigenvalue weighted by molar-refractivity contribution is 0.194. The Balaban J connectivity index is 0.000000238. The Labute approximate surface area is 142 Å². The number of carbonyl (C=O) groups is 1. The first-order valence-corrected chi connectivity index (χ1v) is 8.63. The topological polar surface area (TPSA) is 61.4 Å². The molecule has 3 N–H and O–H groups in total. The average molecular weight is 324 g/mol. The third-order valence-electron chi connectivity index (χ3n) is 4.63. The van der Waals surface area contributed by atoms with Gasteiger partial charge in [-0.05, 0) is 48.2 Å². The summed E-state index contributed by atoms with van der Waals surface area (Å²) in [6, 6.07) is 16.4. The molecule has 4 nitrogen and oxygen atoms in total. The number of carboxylic acid groups (broad SMARTS) is 1. The van der Waals surface area contributed by atoms with Crippen LogP contribution in [0, 0.1) is 0 Å². The zero-order chi connectivity index (χ0) is 16.8. The Morgan fingerprint density at radius 2 is 1.50 bits per heavy atom. The molecule has 126 valence electrons. The molecule has 0 bridgehead atoms. The van der Waals surface area contributed by atoms with Gasteiger partial charge in [-0.2, -0.15) is 0 Å². The van der Waals surface area contributed by atoms with E-state index in [1.807, 2.05) is 24.3 Å². The SMILES string of the molecule is C1CCNCC1.O=C(O)NCC1c2ccccc2-c2ccccc21. The van der Waals surface area contributed by atoms with Crippen LogP contribution in [0.25, 0.3) is 11.1 Å². The summed E-state index contributed by atoms with van der Waals surface area (Å²) in [5, 5.41) is 14.5. The molecule has 0 unspecified atom stereocenters. The fraction of sp³-hybridized carbons (Fsp3) is 0.350. The molecule has 2 aromatic rings. The van der Waals surface area contributed by atoms with Crippen molar-refractivity contribution in [2.45, 2.75) is 25.2 Å². The number of hydrogen-bond acceptors (Lipinski definition) is 2. The minimum Gasteiger partial charge on any atom is -0.465 e. The van der Waals surface area contributed by atoms with E-state index in [4.69, 9.17) is 5.11 Å².